The maximum atomic E-state index is 12.0. The molecule has 0 aliphatic rings. The zero-order valence-electron chi connectivity index (χ0n) is 13.2. The van der Waals surface area contributed by atoms with Crippen LogP contribution in [-0.4, -0.2) is 23.3 Å². The number of hydrogen-bond acceptors (Lipinski definition) is 4. The van der Waals surface area contributed by atoms with Gasteiger partial charge in [0.1, 0.15) is 0 Å². The van der Waals surface area contributed by atoms with Crippen LogP contribution < -0.4 is 10.6 Å². The zero-order valence-corrected chi connectivity index (χ0v) is 14.0. The highest BCUT2D eigenvalue weighted by Crippen LogP contribution is 2.17. The Hall–Kier alpha value is -2.21. The number of thiazole rings is 1. The summed E-state index contributed by atoms with van der Waals surface area (Å²) < 4.78 is 0. The van der Waals surface area contributed by atoms with Crippen LogP contribution in [0.1, 0.15) is 42.2 Å². The second-order valence-electron chi connectivity index (χ2n) is 5.20. The number of nitrogens with zero attached hydrogens (tertiary/aromatic N) is 1. The molecule has 0 atom stereocenters. The molecule has 0 radical (unpaired) electrons. The van der Waals surface area contributed by atoms with Gasteiger partial charge >= 0.3 is 0 Å². The Balaban J connectivity index is 1.81. The van der Waals surface area contributed by atoms with Crippen LogP contribution in [-0.2, 0) is 11.2 Å². The van der Waals surface area contributed by atoms with Crippen LogP contribution in [0.4, 0.5) is 5.13 Å². The van der Waals surface area contributed by atoms with Gasteiger partial charge in [-0.1, -0.05) is 38.0 Å². The van der Waals surface area contributed by atoms with Crippen LogP contribution in [0.15, 0.2) is 35.7 Å². The number of benzene rings is 1. The van der Waals surface area contributed by atoms with Gasteiger partial charge in [-0.2, -0.15) is 0 Å². The molecule has 5 nitrogen and oxygen atoms in total. The average Bonchev–Trinajstić information content (AvgIpc) is 2.99. The summed E-state index contributed by atoms with van der Waals surface area (Å²) >= 11 is 1.32. The van der Waals surface area contributed by atoms with E-state index in [0.717, 1.165) is 19.3 Å². The first-order chi connectivity index (χ1) is 11.2. The summed E-state index contributed by atoms with van der Waals surface area (Å²) in [5.41, 5.74) is 1.25. The van der Waals surface area contributed by atoms with E-state index in [-0.39, 0.29) is 18.2 Å². The summed E-state index contributed by atoms with van der Waals surface area (Å²) in [7, 11) is 0. The van der Waals surface area contributed by atoms with Crippen molar-refractivity contribution in [1.29, 1.82) is 0 Å². The molecule has 0 spiro atoms. The number of rotatable bonds is 8. The smallest absolute Gasteiger partial charge is 0.257 e. The molecule has 2 rings (SSSR count). The molecule has 0 saturated heterocycles. The summed E-state index contributed by atoms with van der Waals surface area (Å²) in [6.07, 6.45) is 3.49. The van der Waals surface area contributed by atoms with Crippen molar-refractivity contribution in [3.63, 3.8) is 0 Å². The van der Waals surface area contributed by atoms with Gasteiger partial charge in [-0.05, 0) is 18.6 Å². The van der Waals surface area contributed by atoms with Gasteiger partial charge in [-0.3, -0.25) is 14.9 Å². The molecule has 1 aromatic carbocycles. The SMILES string of the molecule is CCCCCNC(=O)Cc1csc(NC(=O)c2ccccc2)n1. The lowest BCUT2D eigenvalue weighted by atomic mass is 10.2. The quantitative estimate of drug-likeness (QED) is 0.730. The van der Waals surface area contributed by atoms with Gasteiger partial charge in [0.2, 0.25) is 5.91 Å². The number of anilines is 1. The second-order valence-corrected chi connectivity index (χ2v) is 6.06. The van der Waals surface area contributed by atoms with Gasteiger partial charge in [-0.15, -0.1) is 11.3 Å². The molecule has 122 valence electrons. The lowest BCUT2D eigenvalue weighted by molar-refractivity contribution is -0.120. The molecule has 0 saturated carbocycles. The number of amides is 2. The largest absolute Gasteiger partial charge is 0.356 e. The first kappa shape index (κ1) is 17.1. The standard InChI is InChI=1S/C17H21N3O2S/c1-2-3-7-10-18-15(21)11-14-12-23-17(19-14)20-16(22)13-8-5-4-6-9-13/h4-6,8-9,12H,2-3,7,10-11H2,1H3,(H,18,21)(H,19,20,22). The number of carbonyl (C=O) groups excluding carboxylic acids is 2. The van der Waals surface area contributed by atoms with Gasteiger partial charge in [0.15, 0.2) is 5.13 Å². The molecule has 0 bridgehead atoms. The number of carbonyl (C=O) groups is 2. The van der Waals surface area contributed by atoms with Crippen molar-refractivity contribution in [3.8, 4) is 0 Å². The molecule has 2 amide bonds. The monoisotopic (exact) mass is 331 g/mol. The van der Waals surface area contributed by atoms with E-state index in [0.29, 0.717) is 22.9 Å². The molecule has 0 aliphatic heterocycles. The molecule has 2 aromatic rings. The van der Waals surface area contributed by atoms with Gasteiger partial charge in [0, 0.05) is 17.5 Å². The fourth-order valence-electron chi connectivity index (χ4n) is 2.03. The summed E-state index contributed by atoms with van der Waals surface area (Å²) in [4.78, 5) is 28.1. The highest BCUT2D eigenvalue weighted by atomic mass is 32.1. The first-order valence-corrected chi connectivity index (χ1v) is 8.64. The Labute approximate surface area is 140 Å². The molecule has 2 N–H and O–H groups in total. The van der Waals surface area contributed by atoms with Crippen molar-refractivity contribution in [2.75, 3.05) is 11.9 Å². The third-order valence-electron chi connectivity index (χ3n) is 3.25. The molecule has 0 aliphatic carbocycles. The topological polar surface area (TPSA) is 71.1 Å². The summed E-state index contributed by atoms with van der Waals surface area (Å²) in [5.74, 6) is -0.233. The highest BCUT2D eigenvalue weighted by molar-refractivity contribution is 7.14. The summed E-state index contributed by atoms with van der Waals surface area (Å²) in [5, 5.41) is 7.93. The van der Waals surface area contributed by atoms with E-state index in [1.807, 2.05) is 18.2 Å². The van der Waals surface area contributed by atoms with Crippen molar-refractivity contribution in [2.24, 2.45) is 0 Å². The van der Waals surface area contributed by atoms with Crippen LogP contribution >= 0.6 is 11.3 Å². The Morgan fingerprint density at radius 1 is 1.17 bits per heavy atom. The van der Waals surface area contributed by atoms with Crippen LogP contribution in [0, 0.1) is 0 Å². The van der Waals surface area contributed by atoms with E-state index >= 15 is 0 Å². The fraction of sp³-hybridized carbons (Fsp3) is 0.353. The van der Waals surface area contributed by atoms with Crippen molar-refractivity contribution < 1.29 is 9.59 Å². The molecule has 1 heterocycles. The lowest BCUT2D eigenvalue weighted by Gasteiger charge is -2.03. The molecule has 0 fully saturated rings. The third-order valence-corrected chi connectivity index (χ3v) is 4.06. The number of unbranched alkanes of at least 4 members (excludes halogenated alkanes) is 2. The molecule has 1 aromatic heterocycles. The van der Waals surface area contributed by atoms with Crippen LogP contribution in [0.2, 0.25) is 0 Å². The number of aromatic nitrogens is 1. The Morgan fingerprint density at radius 2 is 1.96 bits per heavy atom. The zero-order chi connectivity index (χ0) is 16.5. The van der Waals surface area contributed by atoms with Crippen molar-refractivity contribution in [1.82, 2.24) is 10.3 Å². The minimum Gasteiger partial charge on any atom is -0.356 e. The maximum absolute atomic E-state index is 12.0. The molecular formula is C17H21N3O2S. The highest BCUT2D eigenvalue weighted by Gasteiger charge is 2.10. The molecule has 6 heteroatoms. The first-order valence-electron chi connectivity index (χ1n) is 7.76. The van der Waals surface area contributed by atoms with E-state index in [2.05, 4.69) is 22.5 Å². The van der Waals surface area contributed by atoms with Crippen LogP contribution in [0.5, 0.6) is 0 Å². The minimum atomic E-state index is -0.199. The lowest BCUT2D eigenvalue weighted by Crippen LogP contribution is -2.26. The minimum absolute atomic E-state index is 0.0349. The van der Waals surface area contributed by atoms with E-state index in [1.165, 1.54) is 11.3 Å². The van der Waals surface area contributed by atoms with Gasteiger partial charge in [0.05, 0.1) is 12.1 Å². The Kier molecular flexibility index (Phi) is 6.75. The summed E-state index contributed by atoms with van der Waals surface area (Å²) in [6.45, 7) is 2.83. The Morgan fingerprint density at radius 3 is 2.70 bits per heavy atom. The van der Waals surface area contributed by atoms with E-state index < -0.39 is 0 Å². The predicted octanol–water partition coefficient (Wildman–Crippen LogP) is 3.24. The molecular weight excluding hydrogens is 310 g/mol. The third kappa shape index (κ3) is 5.83. The average molecular weight is 331 g/mol. The Bertz CT molecular complexity index is 640. The van der Waals surface area contributed by atoms with Crippen LogP contribution in [0.3, 0.4) is 0 Å². The van der Waals surface area contributed by atoms with Crippen molar-refractivity contribution in [3.05, 3.63) is 47.0 Å². The normalized spacial score (nSPS) is 10.3. The predicted molar refractivity (Wildman–Crippen MR) is 92.7 cm³/mol. The van der Waals surface area contributed by atoms with Crippen LogP contribution in [0.25, 0.3) is 0 Å². The van der Waals surface area contributed by atoms with E-state index in [9.17, 15) is 9.59 Å². The van der Waals surface area contributed by atoms with E-state index in [4.69, 9.17) is 0 Å². The van der Waals surface area contributed by atoms with E-state index in [1.54, 1.807) is 17.5 Å². The maximum Gasteiger partial charge on any atom is 0.257 e. The van der Waals surface area contributed by atoms with Crippen molar-refractivity contribution >= 4 is 28.3 Å². The molecule has 23 heavy (non-hydrogen) atoms. The molecule has 0 unspecified atom stereocenters. The fourth-order valence-corrected chi connectivity index (χ4v) is 2.74. The van der Waals surface area contributed by atoms with Crippen molar-refractivity contribution in [2.45, 2.75) is 32.6 Å². The van der Waals surface area contributed by atoms with Gasteiger partial charge in [-0.25, -0.2) is 4.98 Å². The number of nitrogens with one attached hydrogen (secondary N) is 2. The van der Waals surface area contributed by atoms with Gasteiger partial charge < -0.3 is 5.32 Å². The summed E-state index contributed by atoms with van der Waals surface area (Å²) in [6, 6.07) is 8.97. The second kappa shape index (κ2) is 9.05. The van der Waals surface area contributed by atoms with Gasteiger partial charge in [0.25, 0.3) is 5.91 Å². The number of hydrogen-bond donors (Lipinski definition) is 2.